The Balaban J connectivity index is 2.02. The molecule has 0 spiro atoms. The SMILES string of the molecule is CCOCCN1CCN(S(=O)(=O)c2cc(F)ccc2C)CC1. The predicted molar refractivity (Wildman–Crippen MR) is 82.8 cm³/mol. The van der Waals surface area contributed by atoms with Crippen molar-refractivity contribution in [2.45, 2.75) is 18.7 Å². The molecular formula is C15H23FN2O3S. The van der Waals surface area contributed by atoms with Gasteiger partial charge in [0.1, 0.15) is 5.82 Å². The summed E-state index contributed by atoms with van der Waals surface area (Å²) in [5, 5.41) is 0. The molecule has 0 aromatic heterocycles. The Morgan fingerprint density at radius 3 is 2.55 bits per heavy atom. The largest absolute Gasteiger partial charge is 0.380 e. The number of aryl methyl sites for hydroxylation is 1. The predicted octanol–water partition coefficient (Wildman–Crippen LogP) is 1.48. The van der Waals surface area contributed by atoms with Crippen molar-refractivity contribution in [1.29, 1.82) is 0 Å². The van der Waals surface area contributed by atoms with Crippen molar-refractivity contribution in [3.8, 4) is 0 Å². The second kappa shape index (κ2) is 7.50. The number of halogens is 1. The van der Waals surface area contributed by atoms with Gasteiger partial charge in [0.05, 0.1) is 11.5 Å². The number of hydrogen-bond acceptors (Lipinski definition) is 4. The number of benzene rings is 1. The molecule has 1 aliphatic heterocycles. The third-order valence-electron chi connectivity index (χ3n) is 3.86. The third kappa shape index (κ3) is 4.04. The van der Waals surface area contributed by atoms with E-state index in [1.165, 1.54) is 16.4 Å². The fraction of sp³-hybridized carbons (Fsp3) is 0.600. The van der Waals surface area contributed by atoms with E-state index in [9.17, 15) is 12.8 Å². The molecule has 0 radical (unpaired) electrons. The maximum Gasteiger partial charge on any atom is 0.243 e. The fourth-order valence-electron chi connectivity index (χ4n) is 2.52. The van der Waals surface area contributed by atoms with Crippen LogP contribution in [0.25, 0.3) is 0 Å². The molecule has 1 aromatic carbocycles. The van der Waals surface area contributed by atoms with Crippen molar-refractivity contribution in [3.05, 3.63) is 29.6 Å². The van der Waals surface area contributed by atoms with Gasteiger partial charge in [-0.2, -0.15) is 4.31 Å². The highest BCUT2D eigenvalue weighted by Gasteiger charge is 2.29. The lowest BCUT2D eigenvalue weighted by atomic mass is 10.2. The van der Waals surface area contributed by atoms with E-state index in [2.05, 4.69) is 4.90 Å². The molecule has 1 fully saturated rings. The van der Waals surface area contributed by atoms with Crippen LogP contribution in [0.4, 0.5) is 4.39 Å². The number of hydrogen-bond donors (Lipinski definition) is 0. The van der Waals surface area contributed by atoms with Crippen LogP contribution in [0, 0.1) is 12.7 Å². The van der Waals surface area contributed by atoms with Crippen molar-refractivity contribution < 1.29 is 17.5 Å². The van der Waals surface area contributed by atoms with Crippen molar-refractivity contribution in [2.75, 3.05) is 45.9 Å². The maximum atomic E-state index is 13.4. The van der Waals surface area contributed by atoms with E-state index < -0.39 is 15.8 Å². The second-order valence-electron chi connectivity index (χ2n) is 5.35. The molecule has 1 saturated heterocycles. The van der Waals surface area contributed by atoms with Crippen LogP contribution in [0.5, 0.6) is 0 Å². The highest BCUT2D eigenvalue weighted by atomic mass is 32.2. The van der Waals surface area contributed by atoms with Gasteiger partial charge in [-0.05, 0) is 31.5 Å². The smallest absolute Gasteiger partial charge is 0.243 e. The normalized spacial score (nSPS) is 17.8. The summed E-state index contributed by atoms with van der Waals surface area (Å²) in [6.45, 7) is 7.97. The van der Waals surface area contributed by atoms with E-state index in [0.29, 0.717) is 45.0 Å². The van der Waals surface area contributed by atoms with Crippen LogP contribution in [-0.4, -0.2) is 63.6 Å². The first-order valence-corrected chi connectivity index (χ1v) is 8.95. The first-order valence-electron chi connectivity index (χ1n) is 7.51. The van der Waals surface area contributed by atoms with Gasteiger partial charge >= 0.3 is 0 Å². The number of sulfonamides is 1. The van der Waals surface area contributed by atoms with E-state index >= 15 is 0 Å². The monoisotopic (exact) mass is 330 g/mol. The Morgan fingerprint density at radius 1 is 1.23 bits per heavy atom. The molecule has 0 atom stereocenters. The lowest BCUT2D eigenvalue weighted by Crippen LogP contribution is -2.49. The first-order chi connectivity index (χ1) is 10.4. The molecule has 0 bridgehead atoms. The van der Waals surface area contributed by atoms with Gasteiger partial charge in [0.25, 0.3) is 0 Å². The number of ether oxygens (including phenoxy) is 1. The Kier molecular flexibility index (Phi) is 5.91. The molecule has 0 saturated carbocycles. The highest BCUT2D eigenvalue weighted by molar-refractivity contribution is 7.89. The van der Waals surface area contributed by atoms with Crippen LogP contribution in [-0.2, 0) is 14.8 Å². The topological polar surface area (TPSA) is 49.9 Å². The van der Waals surface area contributed by atoms with Gasteiger partial charge < -0.3 is 4.74 Å². The van der Waals surface area contributed by atoms with Gasteiger partial charge in [0.2, 0.25) is 10.0 Å². The van der Waals surface area contributed by atoms with E-state index in [1.54, 1.807) is 6.92 Å². The summed E-state index contributed by atoms with van der Waals surface area (Å²) in [5.74, 6) is -0.528. The molecule has 22 heavy (non-hydrogen) atoms. The number of nitrogens with zero attached hydrogens (tertiary/aromatic N) is 2. The van der Waals surface area contributed by atoms with Crippen molar-refractivity contribution in [1.82, 2.24) is 9.21 Å². The Labute approximate surface area is 131 Å². The summed E-state index contributed by atoms with van der Waals surface area (Å²) in [7, 11) is -3.63. The average Bonchev–Trinajstić information content (AvgIpc) is 2.50. The van der Waals surface area contributed by atoms with Crippen LogP contribution in [0.2, 0.25) is 0 Å². The molecule has 5 nitrogen and oxygen atoms in total. The molecule has 124 valence electrons. The summed E-state index contributed by atoms with van der Waals surface area (Å²) < 4.78 is 45.4. The Bertz CT molecular complexity index is 599. The van der Waals surface area contributed by atoms with Gasteiger partial charge in [-0.3, -0.25) is 4.90 Å². The van der Waals surface area contributed by atoms with Crippen molar-refractivity contribution in [2.24, 2.45) is 0 Å². The molecular weight excluding hydrogens is 307 g/mol. The van der Waals surface area contributed by atoms with Crippen LogP contribution >= 0.6 is 0 Å². The van der Waals surface area contributed by atoms with Crippen molar-refractivity contribution >= 4 is 10.0 Å². The zero-order chi connectivity index (χ0) is 16.2. The first kappa shape index (κ1) is 17.3. The van der Waals surface area contributed by atoms with Crippen molar-refractivity contribution in [3.63, 3.8) is 0 Å². The van der Waals surface area contributed by atoms with Gasteiger partial charge in [0.15, 0.2) is 0 Å². The molecule has 0 N–H and O–H groups in total. The van der Waals surface area contributed by atoms with Crippen LogP contribution in [0.15, 0.2) is 23.1 Å². The second-order valence-corrected chi connectivity index (χ2v) is 7.26. The zero-order valence-electron chi connectivity index (χ0n) is 13.1. The van der Waals surface area contributed by atoms with E-state index in [1.807, 2.05) is 6.92 Å². The van der Waals surface area contributed by atoms with Gasteiger partial charge in [-0.1, -0.05) is 6.07 Å². The lowest BCUT2D eigenvalue weighted by Gasteiger charge is -2.34. The minimum atomic E-state index is -3.63. The Hall–Kier alpha value is -1.02. The standard InChI is InChI=1S/C15H23FN2O3S/c1-3-21-11-10-17-6-8-18(9-7-17)22(19,20)15-12-14(16)5-4-13(15)2/h4-5,12H,3,6-11H2,1-2H3. The fourth-order valence-corrected chi connectivity index (χ4v) is 4.18. The number of rotatable bonds is 6. The molecule has 1 heterocycles. The minimum absolute atomic E-state index is 0.0651. The van der Waals surface area contributed by atoms with Gasteiger partial charge in [-0.15, -0.1) is 0 Å². The molecule has 0 unspecified atom stereocenters. The summed E-state index contributed by atoms with van der Waals surface area (Å²) in [6.07, 6.45) is 0. The van der Waals surface area contributed by atoms with E-state index in [-0.39, 0.29) is 4.90 Å². The summed E-state index contributed by atoms with van der Waals surface area (Å²) in [5.41, 5.74) is 0.570. The Morgan fingerprint density at radius 2 is 1.91 bits per heavy atom. The zero-order valence-corrected chi connectivity index (χ0v) is 13.9. The summed E-state index contributed by atoms with van der Waals surface area (Å²) in [4.78, 5) is 2.25. The van der Waals surface area contributed by atoms with E-state index in [4.69, 9.17) is 4.74 Å². The summed E-state index contributed by atoms with van der Waals surface area (Å²) in [6, 6.07) is 3.88. The maximum absolute atomic E-state index is 13.4. The molecule has 0 aliphatic carbocycles. The van der Waals surface area contributed by atoms with Gasteiger partial charge in [-0.25, -0.2) is 12.8 Å². The highest BCUT2D eigenvalue weighted by Crippen LogP contribution is 2.22. The third-order valence-corrected chi connectivity index (χ3v) is 5.90. The minimum Gasteiger partial charge on any atom is -0.380 e. The van der Waals surface area contributed by atoms with Crippen LogP contribution in [0.3, 0.4) is 0 Å². The van der Waals surface area contributed by atoms with Gasteiger partial charge in [0, 0.05) is 39.3 Å². The quantitative estimate of drug-likeness (QED) is 0.741. The molecule has 2 rings (SSSR count). The van der Waals surface area contributed by atoms with E-state index in [0.717, 1.165) is 12.6 Å². The molecule has 1 aliphatic rings. The molecule has 1 aromatic rings. The average molecular weight is 330 g/mol. The lowest BCUT2D eigenvalue weighted by molar-refractivity contribution is 0.0979. The number of piperazine rings is 1. The van der Waals surface area contributed by atoms with Crippen LogP contribution in [0.1, 0.15) is 12.5 Å². The molecule has 0 amide bonds. The van der Waals surface area contributed by atoms with Crippen LogP contribution < -0.4 is 0 Å². The molecule has 7 heteroatoms. The summed E-state index contributed by atoms with van der Waals surface area (Å²) >= 11 is 0.